The van der Waals surface area contributed by atoms with E-state index in [4.69, 9.17) is 21.7 Å². The number of ether oxygens (including phenoxy) is 2. The number of anilines is 1. The van der Waals surface area contributed by atoms with Crippen molar-refractivity contribution in [2.24, 2.45) is 0 Å². The predicted octanol–water partition coefficient (Wildman–Crippen LogP) is 3.46. The Morgan fingerprint density at radius 1 is 1.19 bits per heavy atom. The number of esters is 1. The fourth-order valence-corrected chi connectivity index (χ4v) is 4.57. The molecule has 0 bridgehead atoms. The standard InChI is InChI=1S/C27H32N4O4S/c1-18-8-9-20-16-21(25(32)29-24(20)19(18)2)17-31(11-10-30-12-14-35-15-13-30)27(36)28-23-7-5-4-6-22(23)26(33)34-3/h4-9,16H,10-15,17H2,1-3H3,(H,28,36)(H,29,32). The van der Waals surface area contributed by atoms with E-state index in [1.165, 1.54) is 7.11 Å². The zero-order chi connectivity index (χ0) is 25.7. The van der Waals surface area contributed by atoms with Gasteiger partial charge in [-0.2, -0.15) is 0 Å². The Hall–Kier alpha value is -3.27. The van der Waals surface area contributed by atoms with E-state index in [9.17, 15) is 9.59 Å². The van der Waals surface area contributed by atoms with Crippen LogP contribution in [0.1, 0.15) is 27.0 Å². The number of nitrogens with zero attached hydrogens (tertiary/aromatic N) is 2. The van der Waals surface area contributed by atoms with E-state index < -0.39 is 5.97 Å². The molecule has 0 aliphatic carbocycles. The van der Waals surface area contributed by atoms with Gasteiger partial charge in [0.25, 0.3) is 5.56 Å². The normalized spacial score (nSPS) is 14.0. The summed E-state index contributed by atoms with van der Waals surface area (Å²) in [5.74, 6) is -0.447. The van der Waals surface area contributed by atoms with Crippen molar-refractivity contribution in [2.75, 3.05) is 51.8 Å². The maximum atomic E-state index is 13.1. The number of nitrogens with one attached hydrogen (secondary N) is 2. The van der Waals surface area contributed by atoms with Crippen molar-refractivity contribution in [1.29, 1.82) is 0 Å². The molecule has 1 aliphatic rings. The largest absolute Gasteiger partial charge is 0.465 e. The number of aromatic amines is 1. The minimum atomic E-state index is -0.447. The van der Waals surface area contributed by atoms with E-state index in [0.29, 0.717) is 48.2 Å². The number of pyridine rings is 1. The third-order valence-electron chi connectivity index (χ3n) is 6.64. The number of morpholine rings is 1. The number of aryl methyl sites for hydroxylation is 2. The molecule has 2 N–H and O–H groups in total. The van der Waals surface area contributed by atoms with Gasteiger partial charge in [0.05, 0.1) is 43.6 Å². The quantitative estimate of drug-likeness (QED) is 0.371. The summed E-state index contributed by atoms with van der Waals surface area (Å²) >= 11 is 5.79. The maximum Gasteiger partial charge on any atom is 0.339 e. The number of hydrogen-bond donors (Lipinski definition) is 2. The molecule has 9 heteroatoms. The molecule has 0 atom stereocenters. The lowest BCUT2D eigenvalue weighted by atomic mass is 10.0. The Bertz CT molecular complexity index is 1320. The molecule has 0 unspecified atom stereocenters. The lowest BCUT2D eigenvalue weighted by Crippen LogP contribution is -2.44. The second kappa shape index (κ2) is 11.6. The van der Waals surface area contributed by atoms with Crippen molar-refractivity contribution in [3.8, 4) is 0 Å². The Morgan fingerprint density at radius 2 is 1.94 bits per heavy atom. The molecule has 1 saturated heterocycles. The van der Waals surface area contributed by atoms with Gasteiger partial charge in [-0.05, 0) is 60.8 Å². The molecule has 3 aromatic rings. The molecule has 2 heterocycles. The SMILES string of the molecule is COC(=O)c1ccccc1NC(=S)N(CCN1CCOCC1)Cc1cc2ccc(C)c(C)c2[nH]c1=O. The number of methoxy groups -OCH3 is 1. The number of carbonyl (C=O) groups is 1. The van der Waals surface area contributed by atoms with Crippen LogP contribution in [-0.4, -0.2) is 72.4 Å². The molecular weight excluding hydrogens is 476 g/mol. The van der Waals surface area contributed by atoms with Crippen molar-refractivity contribution in [3.63, 3.8) is 0 Å². The lowest BCUT2D eigenvalue weighted by molar-refractivity contribution is 0.0358. The molecule has 0 amide bonds. The molecule has 0 radical (unpaired) electrons. The summed E-state index contributed by atoms with van der Waals surface area (Å²) in [4.78, 5) is 32.7. The molecule has 2 aromatic carbocycles. The van der Waals surface area contributed by atoms with E-state index in [-0.39, 0.29) is 5.56 Å². The van der Waals surface area contributed by atoms with Gasteiger partial charge in [0, 0.05) is 31.7 Å². The van der Waals surface area contributed by atoms with Crippen LogP contribution in [0.5, 0.6) is 0 Å². The number of carbonyl (C=O) groups excluding carboxylic acids is 1. The van der Waals surface area contributed by atoms with Crippen molar-refractivity contribution in [2.45, 2.75) is 20.4 Å². The van der Waals surface area contributed by atoms with Gasteiger partial charge in [-0.1, -0.05) is 24.3 Å². The van der Waals surface area contributed by atoms with Crippen molar-refractivity contribution >= 4 is 39.9 Å². The molecular formula is C27H32N4O4S. The second-order valence-electron chi connectivity index (χ2n) is 8.94. The third kappa shape index (κ3) is 5.92. The van der Waals surface area contributed by atoms with Gasteiger partial charge in [0.15, 0.2) is 5.11 Å². The molecule has 36 heavy (non-hydrogen) atoms. The van der Waals surface area contributed by atoms with Crippen LogP contribution in [-0.2, 0) is 16.0 Å². The van der Waals surface area contributed by atoms with Crippen LogP contribution < -0.4 is 10.9 Å². The topological polar surface area (TPSA) is 86.9 Å². The van der Waals surface area contributed by atoms with Crippen molar-refractivity contribution in [3.05, 3.63) is 75.1 Å². The Morgan fingerprint density at radius 3 is 2.69 bits per heavy atom. The van der Waals surface area contributed by atoms with Gasteiger partial charge >= 0.3 is 5.97 Å². The number of thiocarbonyl (C=S) groups is 1. The highest BCUT2D eigenvalue weighted by Gasteiger charge is 2.19. The van der Waals surface area contributed by atoms with Crippen LogP contribution in [0, 0.1) is 13.8 Å². The molecule has 1 aliphatic heterocycles. The van der Waals surface area contributed by atoms with Crippen LogP contribution in [0.3, 0.4) is 0 Å². The first kappa shape index (κ1) is 25.8. The van der Waals surface area contributed by atoms with Crippen molar-refractivity contribution < 1.29 is 14.3 Å². The van der Waals surface area contributed by atoms with E-state index in [1.54, 1.807) is 18.2 Å². The van der Waals surface area contributed by atoms with E-state index in [2.05, 4.69) is 21.3 Å². The average Bonchev–Trinajstić information content (AvgIpc) is 2.89. The number of benzene rings is 2. The number of para-hydroxylation sites is 1. The zero-order valence-electron chi connectivity index (χ0n) is 20.9. The van der Waals surface area contributed by atoms with Gasteiger partial charge in [0.2, 0.25) is 0 Å². The summed E-state index contributed by atoms with van der Waals surface area (Å²) < 4.78 is 10.4. The molecule has 1 fully saturated rings. The average molecular weight is 509 g/mol. The molecule has 8 nitrogen and oxygen atoms in total. The number of hydrogen-bond acceptors (Lipinski definition) is 6. The highest BCUT2D eigenvalue weighted by Crippen LogP contribution is 2.20. The minimum absolute atomic E-state index is 0.134. The summed E-state index contributed by atoms with van der Waals surface area (Å²) in [6.07, 6.45) is 0. The number of aromatic nitrogens is 1. The lowest BCUT2D eigenvalue weighted by Gasteiger charge is -2.31. The summed E-state index contributed by atoms with van der Waals surface area (Å²) in [7, 11) is 1.35. The highest BCUT2D eigenvalue weighted by atomic mass is 32.1. The van der Waals surface area contributed by atoms with Gasteiger partial charge in [-0.15, -0.1) is 0 Å². The van der Waals surface area contributed by atoms with E-state index in [1.807, 2.05) is 36.9 Å². The molecule has 4 rings (SSSR count). The molecule has 190 valence electrons. The fourth-order valence-electron chi connectivity index (χ4n) is 4.31. The van der Waals surface area contributed by atoms with Crippen molar-refractivity contribution in [1.82, 2.24) is 14.8 Å². The van der Waals surface area contributed by atoms with Crippen LogP contribution in [0.4, 0.5) is 5.69 Å². The highest BCUT2D eigenvalue weighted by molar-refractivity contribution is 7.80. The fraction of sp³-hybridized carbons (Fsp3) is 0.370. The van der Waals surface area contributed by atoms with Gasteiger partial charge in [-0.3, -0.25) is 9.69 Å². The van der Waals surface area contributed by atoms with Crippen LogP contribution in [0.15, 0.2) is 47.3 Å². The van der Waals surface area contributed by atoms with Gasteiger partial charge in [0.1, 0.15) is 0 Å². The smallest absolute Gasteiger partial charge is 0.339 e. The van der Waals surface area contributed by atoms with Gasteiger partial charge in [-0.25, -0.2) is 4.79 Å². The first-order valence-corrected chi connectivity index (χ1v) is 12.4. The monoisotopic (exact) mass is 508 g/mol. The van der Waals surface area contributed by atoms with E-state index >= 15 is 0 Å². The first-order valence-electron chi connectivity index (χ1n) is 12.0. The summed E-state index contributed by atoms with van der Waals surface area (Å²) in [5.41, 5.74) is 4.50. The number of rotatable bonds is 7. The summed E-state index contributed by atoms with van der Waals surface area (Å²) in [6, 6.07) is 13.1. The predicted molar refractivity (Wildman–Crippen MR) is 146 cm³/mol. The van der Waals surface area contributed by atoms with Gasteiger partial charge < -0.3 is 24.7 Å². The Kier molecular flexibility index (Phi) is 8.35. The van der Waals surface area contributed by atoms with Crippen LogP contribution in [0.2, 0.25) is 0 Å². The second-order valence-corrected chi connectivity index (χ2v) is 9.32. The number of fused-ring (bicyclic) bond motifs is 1. The molecule has 0 saturated carbocycles. The maximum absolute atomic E-state index is 13.1. The summed E-state index contributed by atoms with van der Waals surface area (Å²) in [6.45, 7) is 8.88. The first-order chi connectivity index (χ1) is 17.4. The Labute approximate surface area is 216 Å². The molecule has 1 aromatic heterocycles. The molecule has 0 spiro atoms. The zero-order valence-corrected chi connectivity index (χ0v) is 21.7. The minimum Gasteiger partial charge on any atom is -0.465 e. The Balaban J connectivity index is 1.61. The number of H-pyrrole nitrogens is 1. The van der Waals surface area contributed by atoms with Crippen LogP contribution >= 0.6 is 12.2 Å². The van der Waals surface area contributed by atoms with E-state index in [0.717, 1.165) is 41.7 Å². The third-order valence-corrected chi connectivity index (χ3v) is 7.00. The van der Waals surface area contributed by atoms with Crippen LogP contribution in [0.25, 0.3) is 10.9 Å². The summed E-state index contributed by atoms with van der Waals surface area (Å²) in [5, 5.41) is 4.62.